The number of ether oxygens (including phenoxy) is 1. The standard InChI is InChI=1S/C24H26N4O3/c1-16-9-11-20(12-10-16)25-15-23(29)27-26-14-19-13-17(2)28(18(19)3)22-8-6-5-7-21(22)24(30)31-4/h5-14,25H,15H2,1-4H3,(H,27,29)/b26-14-. The summed E-state index contributed by atoms with van der Waals surface area (Å²) in [4.78, 5) is 24.2. The summed E-state index contributed by atoms with van der Waals surface area (Å²) in [7, 11) is 1.36. The summed E-state index contributed by atoms with van der Waals surface area (Å²) in [5.41, 5.74) is 8.44. The minimum Gasteiger partial charge on any atom is -0.465 e. The molecule has 2 N–H and O–H groups in total. The predicted molar refractivity (Wildman–Crippen MR) is 122 cm³/mol. The molecule has 1 amide bonds. The van der Waals surface area contributed by atoms with Crippen LogP contribution in [0.4, 0.5) is 5.69 Å². The van der Waals surface area contributed by atoms with Gasteiger partial charge in [0.15, 0.2) is 0 Å². The number of nitrogens with zero attached hydrogens (tertiary/aromatic N) is 2. The summed E-state index contributed by atoms with van der Waals surface area (Å²) in [6.45, 7) is 6.01. The third-order valence-electron chi connectivity index (χ3n) is 4.92. The average molecular weight is 418 g/mol. The van der Waals surface area contributed by atoms with Crippen molar-refractivity contribution in [2.45, 2.75) is 20.8 Å². The first kappa shape index (κ1) is 21.8. The van der Waals surface area contributed by atoms with Gasteiger partial charge in [0, 0.05) is 22.6 Å². The summed E-state index contributed by atoms with van der Waals surface area (Å²) in [5.74, 6) is -0.645. The lowest BCUT2D eigenvalue weighted by atomic mass is 10.1. The van der Waals surface area contributed by atoms with Gasteiger partial charge < -0.3 is 14.6 Å². The fraction of sp³-hybridized carbons (Fsp3) is 0.208. The van der Waals surface area contributed by atoms with Gasteiger partial charge in [0.25, 0.3) is 5.91 Å². The second-order valence-corrected chi connectivity index (χ2v) is 7.18. The SMILES string of the molecule is COC(=O)c1ccccc1-n1c(C)cc(/C=N\NC(=O)CNc2ccc(C)cc2)c1C. The van der Waals surface area contributed by atoms with Gasteiger partial charge in [0.2, 0.25) is 0 Å². The van der Waals surface area contributed by atoms with Gasteiger partial charge in [-0.3, -0.25) is 4.79 Å². The van der Waals surface area contributed by atoms with Gasteiger partial charge in [-0.05, 0) is 51.1 Å². The Kier molecular flexibility index (Phi) is 6.87. The molecule has 2 aromatic carbocycles. The van der Waals surface area contributed by atoms with Crippen LogP contribution in [0.2, 0.25) is 0 Å². The minimum absolute atomic E-state index is 0.117. The highest BCUT2D eigenvalue weighted by Gasteiger charge is 2.17. The van der Waals surface area contributed by atoms with Gasteiger partial charge in [-0.1, -0.05) is 29.8 Å². The normalized spacial score (nSPS) is 10.8. The molecule has 0 atom stereocenters. The molecule has 0 spiro atoms. The van der Waals surface area contributed by atoms with Crippen molar-refractivity contribution in [3.05, 3.63) is 82.7 Å². The van der Waals surface area contributed by atoms with E-state index in [-0.39, 0.29) is 12.5 Å². The van der Waals surface area contributed by atoms with Crippen molar-refractivity contribution >= 4 is 23.8 Å². The molecule has 0 fully saturated rings. The number of aromatic nitrogens is 1. The van der Waals surface area contributed by atoms with Crippen molar-refractivity contribution in [2.75, 3.05) is 19.0 Å². The average Bonchev–Trinajstić information content (AvgIpc) is 3.05. The maximum absolute atomic E-state index is 12.1. The number of hydrazone groups is 1. The molecular weight excluding hydrogens is 392 g/mol. The number of carbonyl (C=O) groups excluding carboxylic acids is 2. The molecular formula is C24H26N4O3. The topological polar surface area (TPSA) is 84.7 Å². The fourth-order valence-electron chi connectivity index (χ4n) is 3.31. The molecule has 0 aliphatic carbocycles. The predicted octanol–water partition coefficient (Wildman–Crippen LogP) is 3.75. The molecule has 0 saturated carbocycles. The molecule has 1 aromatic heterocycles. The number of para-hydroxylation sites is 1. The highest BCUT2D eigenvalue weighted by atomic mass is 16.5. The zero-order valence-electron chi connectivity index (χ0n) is 18.1. The van der Waals surface area contributed by atoms with E-state index < -0.39 is 5.97 Å². The number of carbonyl (C=O) groups is 2. The van der Waals surface area contributed by atoms with Crippen molar-refractivity contribution in [3.63, 3.8) is 0 Å². The number of hydrogen-bond acceptors (Lipinski definition) is 5. The van der Waals surface area contributed by atoms with Crippen LogP contribution in [0.3, 0.4) is 0 Å². The van der Waals surface area contributed by atoms with E-state index >= 15 is 0 Å². The number of hydrogen-bond donors (Lipinski definition) is 2. The number of amides is 1. The molecule has 160 valence electrons. The van der Waals surface area contributed by atoms with E-state index in [2.05, 4.69) is 15.8 Å². The minimum atomic E-state index is -0.397. The summed E-state index contributed by atoms with van der Waals surface area (Å²) in [6.07, 6.45) is 1.60. The van der Waals surface area contributed by atoms with Crippen molar-refractivity contribution in [2.24, 2.45) is 5.10 Å². The molecule has 3 aromatic rings. The Morgan fingerprint density at radius 2 is 1.77 bits per heavy atom. The maximum atomic E-state index is 12.1. The van der Waals surface area contributed by atoms with E-state index in [1.807, 2.05) is 67.8 Å². The lowest BCUT2D eigenvalue weighted by molar-refractivity contribution is -0.119. The third kappa shape index (κ3) is 5.19. The van der Waals surface area contributed by atoms with Crippen LogP contribution in [0.15, 0.2) is 59.7 Å². The Balaban J connectivity index is 1.70. The van der Waals surface area contributed by atoms with Gasteiger partial charge in [-0.2, -0.15) is 5.10 Å². The second kappa shape index (κ2) is 9.75. The molecule has 3 rings (SSSR count). The number of anilines is 1. The van der Waals surface area contributed by atoms with E-state index in [1.54, 1.807) is 18.3 Å². The van der Waals surface area contributed by atoms with Gasteiger partial charge >= 0.3 is 5.97 Å². The Labute approximate surface area is 181 Å². The number of rotatable bonds is 7. The van der Waals surface area contributed by atoms with Crippen molar-refractivity contribution in [3.8, 4) is 5.69 Å². The first-order chi connectivity index (χ1) is 14.9. The zero-order valence-corrected chi connectivity index (χ0v) is 18.1. The van der Waals surface area contributed by atoms with Crippen LogP contribution in [0.1, 0.15) is 32.9 Å². The molecule has 1 heterocycles. The molecule has 31 heavy (non-hydrogen) atoms. The first-order valence-electron chi connectivity index (χ1n) is 9.90. The molecule has 7 heteroatoms. The Morgan fingerprint density at radius 1 is 1.06 bits per heavy atom. The molecule has 0 bridgehead atoms. The van der Waals surface area contributed by atoms with Gasteiger partial charge in [0.1, 0.15) is 0 Å². The maximum Gasteiger partial charge on any atom is 0.339 e. The van der Waals surface area contributed by atoms with Crippen LogP contribution >= 0.6 is 0 Å². The van der Waals surface area contributed by atoms with Gasteiger partial charge in [0.05, 0.1) is 31.1 Å². The Hall–Kier alpha value is -3.87. The van der Waals surface area contributed by atoms with Crippen molar-refractivity contribution in [1.29, 1.82) is 0 Å². The highest BCUT2D eigenvalue weighted by molar-refractivity contribution is 5.94. The number of nitrogens with one attached hydrogen (secondary N) is 2. The number of methoxy groups -OCH3 is 1. The molecule has 0 aliphatic heterocycles. The number of benzene rings is 2. The molecule has 7 nitrogen and oxygen atoms in total. The van der Waals surface area contributed by atoms with E-state index in [0.717, 1.165) is 33.9 Å². The van der Waals surface area contributed by atoms with Crippen LogP contribution in [-0.4, -0.2) is 36.3 Å². The van der Waals surface area contributed by atoms with Gasteiger partial charge in [-0.25, -0.2) is 10.2 Å². The quantitative estimate of drug-likeness (QED) is 0.348. The van der Waals surface area contributed by atoms with E-state index in [1.165, 1.54) is 7.11 Å². The molecule has 0 radical (unpaired) electrons. The molecule has 0 saturated heterocycles. The van der Waals surface area contributed by atoms with Crippen molar-refractivity contribution in [1.82, 2.24) is 9.99 Å². The third-order valence-corrected chi connectivity index (χ3v) is 4.92. The van der Waals surface area contributed by atoms with E-state index in [4.69, 9.17) is 4.74 Å². The zero-order chi connectivity index (χ0) is 22.4. The molecule has 0 aliphatic rings. The van der Waals surface area contributed by atoms with Crippen LogP contribution in [0.5, 0.6) is 0 Å². The second-order valence-electron chi connectivity index (χ2n) is 7.18. The molecule has 0 unspecified atom stereocenters. The monoisotopic (exact) mass is 418 g/mol. The fourth-order valence-corrected chi connectivity index (χ4v) is 3.31. The Morgan fingerprint density at radius 3 is 2.48 bits per heavy atom. The summed E-state index contributed by atoms with van der Waals surface area (Å²) < 4.78 is 6.87. The van der Waals surface area contributed by atoms with Crippen LogP contribution in [-0.2, 0) is 9.53 Å². The lowest BCUT2D eigenvalue weighted by Gasteiger charge is -2.13. The van der Waals surface area contributed by atoms with Crippen LogP contribution < -0.4 is 10.7 Å². The van der Waals surface area contributed by atoms with Crippen LogP contribution in [0.25, 0.3) is 5.69 Å². The summed E-state index contributed by atoms with van der Waals surface area (Å²) in [6, 6.07) is 17.0. The Bertz CT molecular complexity index is 1110. The smallest absolute Gasteiger partial charge is 0.339 e. The van der Waals surface area contributed by atoms with Gasteiger partial charge in [-0.15, -0.1) is 0 Å². The lowest BCUT2D eigenvalue weighted by Crippen LogP contribution is -2.25. The first-order valence-corrected chi connectivity index (χ1v) is 9.90. The van der Waals surface area contributed by atoms with E-state index in [0.29, 0.717) is 5.56 Å². The van der Waals surface area contributed by atoms with Crippen molar-refractivity contribution < 1.29 is 14.3 Å². The summed E-state index contributed by atoms with van der Waals surface area (Å²) >= 11 is 0. The van der Waals surface area contributed by atoms with E-state index in [9.17, 15) is 9.59 Å². The van der Waals surface area contributed by atoms with Crippen LogP contribution in [0, 0.1) is 20.8 Å². The number of esters is 1. The largest absolute Gasteiger partial charge is 0.465 e. The highest BCUT2D eigenvalue weighted by Crippen LogP contribution is 2.23. The summed E-state index contributed by atoms with van der Waals surface area (Å²) in [5, 5.41) is 7.14. The number of aryl methyl sites for hydroxylation is 2.